The molecule has 1 N–H and O–H groups in total. The standard InChI is InChI=1S/C15H22N2O2/c1-16(10-13-6-3-2-4-7-13)12-15(19)17-9-5-8-14(18)11-17/h2-4,6-7,14,18H,5,8-12H2,1H3. The molecule has 1 amide bonds. The average molecular weight is 262 g/mol. The summed E-state index contributed by atoms with van der Waals surface area (Å²) < 4.78 is 0. The number of likely N-dealkylation sites (N-methyl/N-ethyl adjacent to an activating group) is 1. The van der Waals surface area contributed by atoms with E-state index in [-0.39, 0.29) is 12.0 Å². The number of β-amino-alcohol motifs (C(OH)–C–C–N with tert-alkyl or cyclic N) is 1. The van der Waals surface area contributed by atoms with E-state index in [4.69, 9.17) is 0 Å². The quantitative estimate of drug-likeness (QED) is 0.884. The Bertz CT molecular complexity index is 408. The van der Waals surface area contributed by atoms with E-state index in [2.05, 4.69) is 12.1 Å². The zero-order valence-corrected chi connectivity index (χ0v) is 11.5. The lowest BCUT2D eigenvalue weighted by atomic mass is 10.1. The van der Waals surface area contributed by atoms with Crippen LogP contribution in [0.2, 0.25) is 0 Å². The van der Waals surface area contributed by atoms with Crippen molar-refractivity contribution in [3.8, 4) is 0 Å². The van der Waals surface area contributed by atoms with E-state index < -0.39 is 0 Å². The maximum absolute atomic E-state index is 12.1. The minimum atomic E-state index is -0.350. The highest BCUT2D eigenvalue weighted by Crippen LogP contribution is 2.10. The molecule has 4 nitrogen and oxygen atoms in total. The van der Waals surface area contributed by atoms with Crippen molar-refractivity contribution in [2.75, 3.05) is 26.7 Å². The highest BCUT2D eigenvalue weighted by Gasteiger charge is 2.22. The van der Waals surface area contributed by atoms with Gasteiger partial charge in [0.1, 0.15) is 0 Å². The van der Waals surface area contributed by atoms with Crippen LogP contribution >= 0.6 is 0 Å². The fraction of sp³-hybridized carbons (Fsp3) is 0.533. The van der Waals surface area contributed by atoms with Crippen LogP contribution < -0.4 is 0 Å². The molecule has 1 aromatic rings. The van der Waals surface area contributed by atoms with Crippen LogP contribution in [-0.2, 0) is 11.3 Å². The lowest BCUT2D eigenvalue weighted by Crippen LogP contribution is -2.45. The number of likely N-dealkylation sites (tertiary alicyclic amines) is 1. The second kappa shape index (κ2) is 6.68. The van der Waals surface area contributed by atoms with Crippen LogP contribution in [0.3, 0.4) is 0 Å². The zero-order chi connectivity index (χ0) is 13.7. The number of piperidine rings is 1. The highest BCUT2D eigenvalue weighted by atomic mass is 16.3. The summed E-state index contributed by atoms with van der Waals surface area (Å²) in [6.07, 6.45) is 1.36. The SMILES string of the molecule is CN(CC(=O)N1CCCC(O)C1)Cc1ccccc1. The van der Waals surface area contributed by atoms with E-state index in [9.17, 15) is 9.90 Å². The smallest absolute Gasteiger partial charge is 0.236 e. The van der Waals surface area contributed by atoms with Crippen molar-refractivity contribution >= 4 is 5.91 Å². The second-order valence-electron chi connectivity index (χ2n) is 5.29. The highest BCUT2D eigenvalue weighted by molar-refractivity contribution is 5.78. The Balaban J connectivity index is 1.81. The van der Waals surface area contributed by atoms with Gasteiger partial charge in [-0.3, -0.25) is 9.69 Å². The number of nitrogens with zero attached hydrogens (tertiary/aromatic N) is 2. The molecule has 0 radical (unpaired) electrons. The van der Waals surface area contributed by atoms with Gasteiger partial charge >= 0.3 is 0 Å². The number of carbonyl (C=O) groups is 1. The molecule has 104 valence electrons. The molecular formula is C15H22N2O2. The van der Waals surface area contributed by atoms with Gasteiger partial charge in [-0.25, -0.2) is 0 Å². The van der Waals surface area contributed by atoms with Gasteiger partial charge in [0, 0.05) is 19.6 Å². The molecule has 0 bridgehead atoms. The number of carbonyl (C=O) groups excluding carboxylic acids is 1. The third-order valence-corrected chi connectivity index (χ3v) is 3.45. The van der Waals surface area contributed by atoms with E-state index in [1.165, 1.54) is 5.56 Å². The number of aliphatic hydroxyl groups excluding tert-OH is 1. The van der Waals surface area contributed by atoms with Crippen LogP contribution in [0.15, 0.2) is 30.3 Å². The molecule has 19 heavy (non-hydrogen) atoms. The minimum Gasteiger partial charge on any atom is -0.391 e. The van der Waals surface area contributed by atoms with Gasteiger partial charge in [0.05, 0.1) is 12.6 Å². The minimum absolute atomic E-state index is 0.109. The second-order valence-corrected chi connectivity index (χ2v) is 5.29. The molecule has 0 saturated carbocycles. The summed E-state index contributed by atoms with van der Waals surface area (Å²) in [5, 5.41) is 9.59. The lowest BCUT2D eigenvalue weighted by Gasteiger charge is -2.31. The van der Waals surface area contributed by atoms with Gasteiger partial charge in [-0.2, -0.15) is 0 Å². The van der Waals surface area contributed by atoms with Crippen molar-refractivity contribution in [1.82, 2.24) is 9.80 Å². The zero-order valence-electron chi connectivity index (χ0n) is 11.5. The van der Waals surface area contributed by atoms with E-state index in [1.807, 2.05) is 30.1 Å². The summed E-state index contributed by atoms with van der Waals surface area (Å²) >= 11 is 0. The summed E-state index contributed by atoms with van der Waals surface area (Å²) in [7, 11) is 1.95. The Morgan fingerprint density at radius 1 is 1.42 bits per heavy atom. The Morgan fingerprint density at radius 3 is 2.84 bits per heavy atom. The normalized spacial score (nSPS) is 19.7. The van der Waals surface area contributed by atoms with Gasteiger partial charge in [0.25, 0.3) is 0 Å². The van der Waals surface area contributed by atoms with Crippen LogP contribution in [-0.4, -0.2) is 53.6 Å². The molecule has 0 aromatic heterocycles. The van der Waals surface area contributed by atoms with Crippen LogP contribution in [0.5, 0.6) is 0 Å². The summed E-state index contributed by atoms with van der Waals surface area (Å²) in [4.78, 5) is 15.9. The van der Waals surface area contributed by atoms with Gasteiger partial charge in [-0.15, -0.1) is 0 Å². The van der Waals surface area contributed by atoms with Gasteiger partial charge in [-0.1, -0.05) is 30.3 Å². The fourth-order valence-corrected chi connectivity index (χ4v) is 2.46. The third-order valence-electron chi connectivity index (χ3n) is 3.45. The third kappa shape index (κ3) is 4.33. The topological polar surface area (TPSA) is 43.8 Å². The first-order valence-corrected chi connectivity index (χ1v) is 6.83. The first-order chi connectivity index (χ1) is 9.15. The number of amides is 1. The Kier molecular flexibility index (Phi) is 4.93. The Morgan fingerprint density at radius 2 is 2.16 bits per heavy atom. The summed E-state index contributed by atoms with van der Waals surface area (Å²) in [6, 6.07) is 10.1. The van der Waals surface area contributed by atoms with Gasteiger partial charge in [0.15, 0.2) is 0 Å². The van der Waals surface area contributed by atoms with Crippen molar-refractivity contribution in [3.05, 3.63) is 35.9 Å². The Hall–Kier alpha value is -1.39. The maximum atomic E-state index is 12.1. The monoisotopic (exact) mass is 262 g/mol. The predicted octanol–water partition coefficient (Wildman–Crippen LogP) is 1.10. The average Bonchev–Trinajstić information content (AvgIpc) is 2.39. The summed E-state index contributed by atoms with van der Waals surface area (Å²) in [6.45, 7) is 2.43. The van der Waals surface area contributed by atoms with Crippen LogP contribution in [0.1, 0.15) is 18.4 Å². The molecule has 1 saturated heterocycles. The van der Waals surface area contributed by atoms with Crippen molar-refractivity contribution < 1.29 is 9.90 Å². The maximum Gasteiger partial charge on any atom is 0.236 e. The van der Waals surface area contributed by atoms with E-state index in [1.54, 1.807) is 4.90 Å². The molecule has 0 spiro atoms. The fourth-order valence-electron chi connectivity index (χ4n) is 2.46. The van der Waals surface area contributed by atoms with E-state index in [0.717, 1.165) is 25.9 Å². The molecule has 2 rings (SSSR count). The van der Waals surface area contributed by atoms with Crippen molar-refractivity contribution in [2.24, 2.45) is 0 Å². The molecule has 1 unspecified atom stereocenters. The van der Waals surface area contributed by atoms with E-state index in [0.29, 0.717) is 13.1 Å². The molecule has 1 aliphatic rings. The molecule has 1 heterocycles. The van der Waals surface area contributed by atoms with Crippen molar-refractivity contribution in [3.63, 3.8) is 0 Å². The Labute approximate surface area is 114 Å². The molecule has 4 heteroatoms. The largest absolute Gasteiger partial charge is 0.391 e. The molecule has 1 fully saturated rings. The lowest BCUT2D eigenvalue weighted by molar-refractivity contribution is -0.135. The number of rotatable bonds is 4. The van der Waals surface area contributed by atoms with Gasteiger partial charge in [-0.05, 0) is 25.5 Å². The number of aliphatic hydroxyl groups is 1. The van der Waals surface area contributed by atoms with Gasteiger partial charge < -0.3 is 10.0 Å². The molecular weight excluding hydrogens is 240 g/mol. The summed E-state index contributed by atoms with van der Waals surface area (Å²) in [5.41, 5.74) is 1.21. The number of benzene rings is 1. The number of hydrogen-bond donors (Lipinski definition) is 1. The van der Waals surface area contributed by atoms with Crippen LogP contribution in [0.4, 0.5) is 0 Å². The molecule has 1 aromatic carbocycles. The predicted molar refractivity (Wildman–Crippen MR) is 74.6 cm³/mol. The first kappa shape index (κ1) is 14.0. The van der Waals surface area contributed by atoms with E-state index >= 15 is 0 Å². The molecule has 1 atom stereocenters. The van der Waals surface area contributed by atoms with Crippen LogP contribution in [0, 0.1) is 0 Å². The molecule has 1 aliphatic heterocycles. The molecule has 0 aliphatic carbocycles. The van der Waals surface area contributed by atoms with Crippen molar-refractivity contribution in [1.29, 1.82) is 0 Å². The van der Waals surface area contributed by atoms with Crippen LogP contribution in [0.25, 0.3) is 0 Å². The number of hydrogen-bond acceptors (Lipinski definition) is 3. The van der Waals surface area contributed by atoms with Crippen molar-refractivity contribution in [2.45, 2.75) is 25.5 Å². The summed E-state index contributed by atoms with van der Waals surface area (Å²) in [5.74, 6) is 0.109. The first-order valence-electron chi connectivity index (χ1n) is 6.83. The van der Waals surface area contributed by atoms with Gasteiger partial charge in [0.2, 0.25) is 5.91 Å².